The van der Waals surface area contributed by atoms with Crippen LogP contribution in [0.5, 0.6) is 0 Å². The number of anilines is 1. The highest BCUT2D eigenvalue weighted by molar-refractivity contribution is 7.99. The second kappa shape index (κ2) is 6.43. The maximum Gasteiger partial charge on any atom is 0.133 e. The van der Waals surface area contributed by atoms with Crippen LogP contribution in [0.4, 0.5) is 5.82 Å². The number of aromatic nitrogens is 1. The van der Waals surface area contributed by atoms with E-state index in [1.165, 1.54) is 24.8 Å². The Balaban J connectivity index is 2.17. The van der Waals surface area contributed by atoms with Crippen molar-refractivity contribution in [3.05, 3.63) is 23.4 Å². The van der Waals surface area contributed by atoms with E-state index in [1.54, 1.807) is 0 Å². The molecule has 0 amide bonds. The van der Waals surface area contributed by atoms with Gasteiger partial charge in [0.15, 0.2) is 0 Å². The molecule has 1 unspecified atom stereocenters. The Morgan fingerprint density at radius 2 is 2.22 bits per heavy atom. The number of nitrogens with two attached hydrogens (primary N) is 1. The summed E-state index contributed by atoms with van der Waals surface area (Å²) < 4.78 is 0. The molecule has 2 N–H and O–H groups in total. The number of thioether (sulfide) groups is 1. The first-order valence-electron chi connectivity index (χ1n) is 6.69. The quantitative estimate of drug-likeness (QED) is 0.912. The van der Waals surface area contributed by atoms with Gasteiger partial charge < -0.3 is 10.6 Å². The maximum absolute atomic E-state index is 5.83. The van der Waals surface area contributed by atoms with Crippen LogP contribution in [0.25, 0.3) is 0 Å². The van der Waals surface area contributed by atoms with Gasteiger partial charge in [0.25, 0.3) is 0 Å². The zero-order valence-corrected chi connectivity index (χ0v) is 12.2. The van der Waals surface area contributed by atoms with E-state index < -0.39 is 0 Å². The summed E-state index contributed by atoms with van der Waals surface area (Å²) in [5, 5.41) is 0.807. The summed E-state index contributed by atoms with van der Waals surface area (Å²) in [5.74, 6) is 1.11. The van der Waals surface area contributed by atoms with Gasteiger partial charge in [0.1, 0.15) is 5.82 Å². The molecule has 1 fully saturated rings. The van der Waals surface area contributed by atoms with Crippen LogP contribution >= 0.6 is 11.8 Å². The van der Waals surface area contributed by atoms with Crippen molar-refractivity contribution in [2.75, 3.05) is 24.2 Å². The summed E-state index contributed by atoms with van der Waals surface area (Å²) in [5.41, 5.74) is 8.08. The van der Waals surface area contributed by atoms with Crippen molar-refractivity contribution in [3.63, 3.8) is 0 Å². The first-order chi connectivity index (χ1) is 8.74. The number of aryl methyl sites for hydroxylation is 1. The molecule has 0 aromatic carbocycles. The number of nitrogens with zero attached hydrogens (tertiary/aromatic N) is 2. The highest BCUT2D eigenvalue weighted by Crippen LogP contribution is 2.26. The number of hydrogen-bond donors (Lipinski definition) is 1. The fourth-order valence-electron chi connectivity index (χ4n) is 2.52. The molecule has 1 aliphatic rings. The van der Waals surface area contributed by atoms with E-state index in [2.05, 4.69) is 17.2 Å². The van der Waals surface area contributed by atoms with E-state index in [-0.39, 0.29) is 0 Å². The van der Waals surface area contributed by atoms with E-state index in [4.69, 9.17) is 10.7 Å². The lowest BCUT2D eigenvalue weighted by Gasteiger charge is -2.24. The molecular weight excluding hydrogens is 242 g/mol. The van der Waals surface area contributed by atoms with Crippen LogP contribution in [0.1, 0.15) is 30.5 Å². The number of hydrogen-bond acceptors (Lipinski definition) is 4. The molecule has 18 heavy (non-hydrogen) atoms. The van der Waals surface area contributed by atoms with Gasteiger partial charge in [-0.1, -0.05) is 6.07 Å². The van der Waals surface area contributed by atoms with E-state index >= 15 is 0 Å². The third-order valence-electron chi connectivity index (χ3n) is 3.62. The first kappa shape index (κ1) is 13.7. The van der Waals surface area contributed by atoms with Crippen molar-refractivity contribution in [3.8, 4) is 0 Å². The van der Waals surface area contributed by atoms with Crippen LogP contribution in [0, 0.1) is 6.92 Å². The summed E-state index contributed by atoms with van der Waals surface area (Å²) in [7, 11) is 0. The molecule has 1 aromatic heterocycles. The van der Waals surface area contributed by atoms with Gasteiger partial charge in [-0.15, -0.1) is 0 Å². The normalized spacial score (nSPS) is 20.8. The minimum absolute atomic E-state index is 0.574. The SMILES string of the molecule is CSC1CCCN(c2nc(C)ccc2CN)CC1. The van der Waals surface area contributed by atoms with Crippen LogP contribution in [0.2, 0.25) is 0 Å². The topological polar surface area (TPSA) is 42.2 Å². The predicted octanol–water partition coefficient (Wildman–Crippen LogP) is 2.57. The minimum atomic E-state index is 0.574. The first-order valence-corrected chi connectivity index (χ1v) is 7.97. The Morgan fingerprint density at radius 3 is 2.94 bits per heavy atom. The van der Waals surface area contributed by atoms with Gasteiger partial charge in [-0.2, -0.15) is 11.8 Å². The van der Waals surface area contributed by atoms with Crippen molar-refractivity contribution in [1.29, 1.82) is 0 Å². The van der Waals surface area contributed by atoms with E-state index in [0.717, 1.165) is 29.9 Å². The summed E-state index contributed by atoms with van der Waals surface area (Å²) in [6.45, 7) is 4.84. The molecule has 100 valence electrons. The second-order valence-corrected chi connectivity index (χ2v) is 6.05. The van der Waals surface area contributed by atoms with Gasteiger partial charge in [0.05, 0.1) is 0 Å². The van der Waals surface area contributed by atoms with Crippen molar-refractivity contribution < 1.29 is 0 Å². The third-order valence-corrected chi connectivity index (χ3v) is 4.76. The number of rotatable bonds is 3. The van der Waals surface area contributed by atoms with E-state index in [1.807, 2.05) is 24.8 Å². The lowest BCUT2D eigenvalue weighted by Crippen LogP contribution is -2.27. The Bertz CT molecular complexity index is 395. The maximum atomic E-state index is 5.83. The highest BCUT2D eigenvalue weighted by Gasteiger charge is 2.19. The van der Waals surface area contributed by atoms with Gasteiger partial charge in [-0.3, -0.25) is 0 Å². The second-order valence-electron chi connectivity index (χ2n) is 4.92. The molecule has 1 saturated heterocycles. The van der Waals surface area contributed by atoms with Crippen LogP contribution < -0.4 is 10.6 Å². The molecule has 1 atom stereocenters. The lowest BCUT2D eigenvalue weighted by molar-refractivity contribution is 0.745. The van der Waals surface area contributed by atoms with Gasteiger partial charge in [0, 0.05) is 36.1 Å². The Morgan fingerprint density at radius 1 is 1.39 bits per heavy atom. The van der Waals surface area contributed by atoms with Gasteiger partial charge >= 0.3 is 0 Å². The highest BCUT2D eigenvalue weighted by atomic mass is 32.2. The summed E-state index contributed by atoms with van der Waals surface area (Å²) in [6, 6.07) is 4.17. The van der Waals surface area contributed by atoms with E-state index in [0.29, 0.717) is 6.54 Å². The van der Waals surface area contributed by atoms with Crippen LogP contribution in [0.15, 0.2) is 12.1 Å². The zero-order chi connectivity index (χ0) is 13.0. The van der Waals surface area contributed by atoms with Crippen molar-refractivity contribution in [2.45, 2.75) is 38.0 Å². The average molecular weight is 265 g/mol. The molecule has 2 heterocycles. The molecular formula is C14H23N3S. The molecule has 2 rings (SSSR count). The predicted molar refractivity (Wildman–Crippen MR) is 80.2 cm³/mol. The molecule has 1 aromatic rings. The van der Waals surface area contributed by atoms with Crippen molar-refractivity contribution >= 4 is 17.6 Å². The van der Waals surface area contributed by atoms with Crippen LogP contribution in [-0.4, -0.2) is 29.6 Å². The fraction of sp³-hybridized carbons (Fsp3) is 0.643. The Hall–Kier alpha value is -0.740. The average Bonchev–Trinajstić information content (AvgIpc) is 2.63. The lowest BCUT2D eigenvalue weighted by atomic mass is 10.2. The van der Waals surface area contributed by atoms with Crippen molar-refractivity contribution in [2.24, 2.45) is 5.73 Å². The molecule has 1 aliphatic heterocycles. The zero-order valence-electron chi connectivity index (χ0n) is 11.4. The van der Waals surface area contributed by atoms with Gasteiger partial charge in [-0.05, 0) is 38.5 Å². The summed E-state index contributed by atoms with van der Waals surface area (Å²) in [6.07, 6.45) is 6.05. The standard InChI is InChI=1S/C14H23N3S/c1-11-5-6-12(10-15)14(16-11)17-8-3-4-13(18-2)7-9-17/h5-6,13H,3-4,7-10,15H2,1-2H3. The fourth-order valence-corrected chi connectivity index (χ4v) is 3.26. The number of pyridine rings is 1. The molecule has 0 saturated carbocycles. The van der Waals surface area contributed by atoms with Crippen LogP contribution in [0.3, 0.4) is 0 Å². The summed E-state index contributed by atoms with van der Waals surface area (Å²) in [4.78, 5) is 7.12. The molecule has 0 aliphatic carbocycles. The largest absolute Gasteiger partial charge is 0.356 e. The molecule has 0 bridgehead atoms. The molecule has 0 spiro atoms. The summed E-state index contributed by atoms with van der Waals surface area (Å²) >= 11 is 2.00. The minimum Gasteiger partial charge on any atom is -0.356 e. The Labute approximate surface area is 114 Å². The van der Waals surface area contributed by atoms with Gasteiger partial charge in [0.2, 0.25) is 0 Å². The third kappa shape index (κ3) is 3.18. The molecule has 0 radical (unpaired) electrons. The van der Waals surface area contributed by atoms with Gasteiger partial charge in [-0.25, -0.2) is 4.98 Å². The molecule has 4 heteroatoms. The van der Waals surface area contributed by atoms with Crippen molar-refractivity contribution in [1.82, 2.24) is 4.98 Å². The molecule has 3 nitrogen and oxygen atoms in total. The monoisotopic (exact) mass is 265 g/mol. The smallest absolute Gasteiger partial charge is 0.133 e. The van der Waals surface area contributed by atoms with E-state index in [9.17, 15) is 0 Å². The Kier molecular flexibility index (Phi) is 4.89. The van der Waals surface area contributed by atoms with Crippen LogP contribution in [-0.2, 0) is 6.54 Å².